The first kappa shape index (κ1) is 14.8. The number of aromatic nitrogens is 5. The van der Waals surface area contributed by atoms with Gasteiger partial charge in [-0.2, -0.15) is 4.98 Å². The van der Waals surface area contributed by atoms with E-state index >= 15 is 0 Å². The number of aryl methyl sites for hydroxylation is 1. The summed E-state index contributed by atoms with van der Waals surface area (Å²) in [7, 11) is 0. The number of hydrogen-bond donors (Lipinski definition) is 1. The van der Waals surface area contributed by atoms with Crippen molar-refractivity contribution in [1.82, 2.24) is 24.8 Å². The van der Waals surface area contributed by atoms with E-state index in [4.69, 9.17) is 23.2 Å². The van der Waals surface area contributed by atoms with Crippen LogP contribution in [0.4, 0.5) is 11.1 Å². The van der Waals surface area contributed by atoms with E-state index in [0.717, 1.165) is 21.2 Å². The molecule has 10 heteroatoms. The van der Waals surface area contributed by atoms with Gasteiger partial charge in [-0.25, -0.2) is 4.52 Å². The predicted molar refractivity (Wildman–Crippen MR) is 94.2 cm³/mol. The van der Waals surface area contributed by atoms with E-state index < -0.39 is 0 Å². The predicted octanol–water partition coefficient (Wildman–Crippen LogP) is 4.67. The van der Waals surface area contributed by atoms with Crippen LogP contribution in [0.1, 0.15) is 5.01 Å². The van der Waals surface area contributed by atoms with Gasteiger partial charge in [-0.15, -0.1) is 26.6 Å². The molecule has 0 saturated heterocycles. The third kappa shape index (κ3) is 2.78. The summed E-state index contributed by atoms with van der Waals surface area (Å²) >= 11 is 15.2. The van der Waals surface area contributed by atoms with Gasteiger partial charge in [-0.1, -0.05) is 34.5 Å². The Hall–Kier alpha value is -1.74. The minimum Gasteiger partial charge on any atom is -0.297 e. The second-order valence-electron chi connectivity index (χ2n) is 4.63. The molecule has 0 bridgehead atoms. The van der Waals surface area contributed by atoms with Gasteiger partial charge in [0, 0.05) is 16.0 Å². The number of rotatable bonds is 3. The number of nitrogens with zero attached hydrogens (tertiary/aromatic N) is 5. The van der Waals surface area contributed by atoms with Gasteiger partial charge >= 0.3 is 0 Å². The summed E-state index contributed by atoms with van der Waals surface area (Å²) in [6, 6.07) is 5.38. The largest absolute Gasteiger partial charge is 0.297 e. The molecule has 3 aromatic heterocycles. The highest BCUT2D eigenvalue weighted by molar-refractivity contribution is 7.15. The number of nitrogens with one attached hydrogen (secondary N) is 1. The van der Waals surface area contributed by atoms with Crippen molar-refractivity contribution in [2.45, 2.75) is 6.92 Å². The lowest BCUT2D eigenvalue weighted by Crippen LogP contribution is -1.94. The number of halogens is 2. The van der Waals surface area contributed by atoms with Crippen LogP contribution in [-0.4, -0.2) is 24.8 Å². The molecule has 0 unspecified atom stereocenters. The second-order valence-corrected chi connectivity index (χ2v) is 7.49. The van der Waals surface area contributed by atoms with E-state index in [1.54, 1.807) is 16.6 Å². The lowest BCUT2D eigenvalue weighted by atomic mass is 10.2. The van der Waals surface area contributed by atoms with E-state index in [1.165, 1.54) is 22.7 Å². The van der Waals surface area contributed by atoms with Crippen LogP contribution in [0.2, 0.25) is 10.0 Å². The first-order valence-corrected chi connectivity index (χ1v) is 8.92. The van der Waals surface area contributed by atoms with Crippen LogP contribution in [-0.2, 0) is 0 Å². The van der Waals surface area contributed by atoms with Gasteiger partial charge in [0.05, 0.1) is 10.7 Å². The number of hydrogen-bond acceptors (Lipinski definition) is 7. The normalized spacial score (nSPS) is 11.3. The molecular formula is C13H8Cl2N6S2. The van der Waals surface area contributed by atoms with Gasteiger partial charge in [0.15, 0.2) is 0 Å². The van der Waals surface area contributed by atoms with Gasteiger partial charge in [-0.05, 0) is 25.1 Å². The molecule has 0 radical (unpaired) electrons. The quantitative estimate of drug-likeness (QED) is 0.557. The molecule has 3 heterocycles. The highest BCUT2D eigenvalue weighted by atomic mass is 35.5. The fourth-order valence-corrected chi connectivity index (χ4v) is 3.97. The molecule has 0 saturated carbocycles. The number of anilines is 2. The van der Waals surface area contributed by atoms with Crippen molar-refractivity contribution in [3.63, 3.8) is 0 Å². The Labute approximate surface area is 148 Å². The zero-order chi connectivity index (χ0) is 16.0. The van der Waals surface area contributed by atoms with Gasteiger partial charge < -0.3 is 0 Å². The molecule has 116 valence electrons. The molecule has 1 N–H and O–H groups in total. The molecule has 0 amide bonds. The first-order valence-electron chi connectivity index (χ1n) is 6.47. The Bertz CT molecular complexity index is 1010. The summed E-state index contributed by atoms with van der Waals surface area (Å²) in [5.41, 5.74) is 1.71. The average molecular weight is 383 g/mol. The Kier molecular flexibility index (Phi) is 3.68. The molecule has 23 heavy (non-hydrogen) atoms. The van der Waals surface area contributed by atoms with Gasteiger partial charge in [0.2, 0.25) is 16.0 Å². The Balaban J connectivity index is 1.74. The number of fused-ring (bicyclic) bond motifs is 1. The topological polar surface area (TPSA) is 68.0 Å². The third-order valence-electron chi connectivity index (χ3n) is 3.03. The first-order chi connectivity index (χ1) is 11.1. The smallest absolute Gasteiger partial charge is 0.250 e. The maximum absolute atomic E-state index is 6.29. The highest BCUT2D eigenvalue weighted by Gasteiger charge is 2.15. The van der Waals surface area contributed by atoms with Crippen molar-refractivity contribution in [3.05, 3.63) is 38.6 Å². The lowest BCUT2D eigenvalue weighted by Gasteiger charge is -2.02. The summed E-state index contributed by atoms with van der Waals surface area (Å²) in [4.78, 5) is 5.20. The summed E-state index contributed by atoms with van der Waals surface area (Å²) in [5.74, 6) is 0.472. The minimum absolute atomic E-state index is 0.472. The summed E-state index contributed by atoms with van der Waals surface area (Å²) in [6.45, 7) is 1.89. The van der Waals surface area contributed by atoms with Gasteiger partial charge in [-0.3, -0.25) is 5.32 Å². The molecule has 6 nitrogen and oxygen atoms in total. The van der Waals surface area contributed by atoms with E-state index in [2.05, 4.69) is 25.6 Å². The highest BCUT2D eigenvalue weighted by Crippen LogP contribution is 2.33. The van der Waals surface area contributed by atoms with Crippen LogP contribution in [0, 0.1) is 6.92 Å². The average Bonchev–Trinajstić information content (AvgIpc) is 3.16. The maximum atomic E-state index is 6.29. The lowest BCUT2D eigenvalue weighted by molar-refractivity contribution is 0.984. The molecule has 0 fully saturated rings. The molecule has 0 aliphatic rings. The van der Waals surface area contributed by atoms with Crippen LogP contribution in [0.15, 0.2) is 23.6 Å². The standard InChI is InChI=1S/C13H8Cl2N6S2/c1-6-18-19-12(23-6)16-11-17-13-21(20-11)10(5-22-13)8-3-2-7(14)4-9(8)15/h2-5H,1H3,(H,16,19,20). The van der Waals surface area contributed by atoms with Crippen molar-refractivity contribution in [2.75, 3.05) is 5.32 Å². The summed E-state index contributed by atoms with van der Waals surface area (Å²) in [5, 5.41) is 20.2. The zero-order valence-electron chi connectivity index (χ0n) is 11.6. The fourth-order valence-electron chi connectivity index (χ4n) is 2.06. The number of thiazole rings is 1. The van der Waals surface area contributed by atoms with Crippen molar-refractivity contribution in [1.29, 1.82) is 0 Å². The van der Waals surface area contributed by atoms with Crippen LogP contribution in [0.3, 0.4) is 0 Å². The van der Waals surface area contributed by atoms with Gasteiger partial charge in [0.25, 0.3) is 0 Å². The summed E-state index contributed by atoms with van der Waals surface area (Å²) < 4.78 is 1.75. The SMILES string of the molecule is Cc1nnc(Nc2nc3scc(-c4ccc(Cl)cc4Cl)n3n2)s1. The van der Waals surface area contributed by atoms with Crippen molar-refractivity contribution in [3.8, 4) is 11.3 Å². The molecule has 4 rings (SSSR count). The molecule has 1 aromatic carbocycles. The van der Waals surface area contributed by atoms with Gasteiger partial charge in [0.1, 0.15) is 5.01 Å². The van der Waals surface area contributed by atoms with E-state index in [-0.39, 0.29) is 0 Å². The van der Waals surface area contributed by atoms with E-state index in [0.29, 0.717) is 21.1 Å². The Morgan fingerprint density at radius 1 is 1.22 bits per heavy atom. The van der Waals surface area contributed by atoms with Crippen molar-refractivity contribution >= 4 is 61.9 Å². The van der Waals surface area contributed by atoms with Crippen LogP contribution < -0.4 is 5.32 Å². The molecule has 0 spiro atoms. The second kappa shape index (κ2) is 5.72. The third-order valence-corrected chi connectivity index (χ3v) is 5.15. The Morgan fingerprint density at radius 2 is 2.09 bits per heavy atom. The zero-order valence-corrected chi connectivity index (χ0v) is 14.8. The monoisotopic (exact) mass is 382 g/mol. The minimum atomic E-state index is 0.472. The molecule has 0 aliphatic heterocycles. The molecule has 0 aliphatic carbocycles. The van der Waals surface area contributed by atoms with Crippen LogP contribution >= 0.6 is 45.9 Å². The molecule has 4 aromatic rings. The van der Waals surface area contributed by atoms with Crippen LogP contribution in [0.25, 0.3) is 16.2 Å². The van der Waals surface area contributed by atoms with E-state index in [1.807, 2.05) is 18.4 Å². The van der Waals surface area contributed by atoms with Crippen LogP contribution in [0.5, 0.6) is 0 Å². The van der Waals surface area contributed by atoms with Crippen molar-refractivity contribution in [2.24, 2.45) is 0 Å². The van der Waals surface area contributed by atoms with Crippen molar-refractivity contribution < 1.29 is 0 Å². The maximum Gasteiger partial charge on any atom is 0.250 e. The number of benzene rings is 1. The molecule has 0 atom stereocenters. The summed E-state index contributed by atoms with van der Waals surface area (Å²) in [6.07, 6.45) is 0. The fraction of sp³-hybridized carbons (Fsp3) is 0.0769. The van der Waals surface area contributed by atoms with E-state index in [9.17, 15) is 0 Å². The molecular weight excluding hydrogens is 375 g/mol. The Morgan fingerprint density at radius 3 is 2.83 bits per heavy atom.